The molecular formula is C15H19NO5. The Morgan fingerprint density at radius 1 is 1.19 bits per heavy atom. The molecule has 0 unspecified atom stereocenters. The van der Waals surface area contributed by atoms with Crippen molar-refractivity contribution in [3.8, 4) is 0 Å². The molecule has 0 bridgehead atoms. The molecule has 0 aliphatic rings. The Hall–Kier alpha value is -1.89. The molecule has 2 rings (SSSR count). The molecule has 0 aliphatic carbocycles. The normalized spacial score (nSPS) is 11.1. The first kappa shape index (κ1) is 15.5. The lowest BCUT2D eigenvalue weighted by Crippen LogP contribution is -2.10. The predicted octanol–water partition coefficient (Wildman–Crippen LogP) is 1.98. The van der Waals surface area contributed by atoms with Gasteiger partial charge in [-0.2, -0.15) is 0 Å². The Morgan fingerprint density at radius 2 is 2.00 bits per heavy atom. The molecule has 0 amide bonds. The average molecular weight is 293 g/mol. The van der Waals surface area contributed by atoms with Gasteiger partial charge < -0.3 is 23.9 Å². The molecule has 6 nitrogen and oxygen atoms in total. The zero-order valence-electron chi connectivity index (χ0n) is 11.9. The van der Waals surface area contributed by atoms with E-state index in [4.69, 9.17) is 19.3 Å². The number of ether oxygens (including phenoxy) is 3. The lowest BCUT2D eigenvalue weighted by Gasteiger charge is -2.08. The summed E-state index contributed by atoms with van der Waals surface area (Å²) in [5.74, 6) is -0.916. The van der Waals surface area contributed by atoms with E-state index in [-0.39, 0.29) is 6.79 Å². The third-order valence-electron chi connectivity index (χ3n) is 3.12. The topological polar surface area (TPSA) is 69.9 Å². The number of hydrogen-bond acceptors (Lipinski definition) is 4. The van der Waals surface area contributed by atoms with Gasteiger partial charge in [0.2, 0.25) is 0 Å². The number of rotatable bonds is 9. The number of fused-ring (bicyclic) bond motifs is 1. The minimum Gasteiger partial charge on any atom is -0.478 e. The van der Waals surface area contributed by atoms with E-state index in [0.717, 1.165) is 10.9 Å². The highest BCUT2D eigenvalue weighted by Crippen LogP contribution is 2.20. The third kappa shape index (κ3) is 4.04. The molecule has 21 heavy (non-hydrogen) atoms. The number of aromatic carboxylic acids is 1. The Kier molecular flexibility index (Phi) is 5.74. The number of benzene rings is 1. The van der Waals surface area contributed by atoms with Crippen LogP contribution < -0.4 is 0 Å². The second-order valence-electron chi connectivity index (χ2n) is 4.48. The lowest BCUT2D eigenvalue weighted by molar-refractivity contribution is -0.0672. The van der Waals surface area contributed by atoms with Crippen LogP contribution in [0, 0.1) is 0 Å². The molecule has 0 atom stereocenters. The Bertz CT molecular complexity index is 593. The fourth-order valence-electron chi connectivity index (χ4n) is 2.09. The smallest absolute Gasteiger partial charge is 0.336 e. The van der Waals surface area contributed by atoms with Gasteiger partial charge in [0, 0.05) is 30.8 Å². The van der Waals surface area contributed by atoms with Gasteiger partial charge in [-0.15, -0.1) is 0 Å². The second kappa shape index (κ2) is 7.78. The highest BCUT2D eigenvalue weighted by Gasteiger charge is 2.10. The quantitative estimate of drug-likeness (QED) is 0.565. The van der Waals surface area contributed by atoms with E-state index in [2.05, 4.69) is 0 Å². The molecule has 1 aromatic heterocycles. The minimum atomic E-state index is -0.916. The van der Waals surface area contributed by atoms with Gasteiger partial charge in [0.1, 0.15) is 6.79 Å². The number of carboxylic acid groups (broad SMARTS) is 1. The van der Waals surface area contributed by atoms with Crippen molar-refractivity contribution in [3.63, 3.8) is 0 Å². The molecule has 1 N–H and O–H groups in total. The van der Waals surface area contributed by atoms with Crippen LogP contribution in [-0.2, 0) is 20.8 Å². The average Bonchev–Trinajstić information content (AvgIpc) is 2.89. The number of nitrogens with zero attached hydrogens (tertiary/aromatic N) is 1. The van der Waals surface area contributed by atoms with Gasteiger partial charge >= 0.3 is 5.97 Å². The fraction of sp³-hybridized carbons (Fsp3) is 0.400. The molecule has 0 fully saturated rings. The summed E-state index contributed by atoms with van der Waals surface area (Å²) < 4.78 is 17.4. The minimum absolute atomic E-state index is 0.225. The molecule has 0 aliphatic heterocycles. The van der Waals surface area contributed by atoms with Crippen molar-refractivity contribution in [1.82, 2.24) is 4.57 Å². The van der Waals surface area contributed by atoms with Gasteiger partial charge in [0.05, 0.1) is 25.4 Å². The van der Waals surface area contributed by atoms with Gasteiger partial charge in [-0.3, -0.25) is 0 Å². The highest BCUT2D eigenvalue weighted by molar-refractivity contribution is 6.02. The van der Waals surface area contributed by atoms with Crippen LogP contribution >= 0.6 is 0 Å². The lowest BCUT2D eigenvalue weighted by atomic mass is 10.1. The number of hydrogen-bond donors (Lipinski definition) is 1. The zero-order chi connectivity index (χ0) is 15.1. The number of carbonyl (C=O) groups is 1. The highest BCUT2D eigenvalue weighted by atomic mass is 16.7. The summed E-state index contributed by atoms with van der Waals surface area (Å²) in [5.41, 5.74) is 1.20. The van der Waals surface area contributed by atoms with Gasteiger partial charge in [-0.25, -0.2) is 4.79 Å². The first-order chi connectivity index (χ1) is 10.2. The summed E-state index contributed by atoms with van der Waals surface area (Å²) in [4.78, 5) is 11.1. The number of carboxylic acids is 1. The SMILES string of the molecule is COCCOCOCCn1ccc2c(C(=O)O)cccc21. The molecule has 0 saturated heterocycles. The van der Waals surface area contributed by atoms with E-state index in [9.17, 15) is 4.79 Å². The van der Waals surface area contributed by atoms with Crippen LogP contribution in [0.4, 0.5) is 0 Å². The van der Waals surface area contributed by atoms with Crippen molar-refractivity contribution in [1.29, 1.82) is 0 Å². The first-order valence-electron chi connectivity index (χ1n) is 6.69. The van der Waals surface area contributed by atoms with Crippen molar-refractivity contribution in [2.75, 3.05) is 33.7 Å². The van der Waals surface area contributed by atoms with Crippen LogP contribution in [0.25, 0.3) is 10.9 Å². The van der Waals surface area contributed by atoms with E-state index in [1.807, 2.05) is 22.9 Å². The molecule has 0 spiro atoms. The second-order valence-corrected chi connectivity index (χ2v) is 4.48. The van der Waals surface area contributed by atoms with Gasteiger partial charge in [0.25, 0.3) is 0 Å². The monoisotopic (exact) mass is 293 g/mol. The van der Waals surface area contributed by atoms with Gasteiger partial charge in [0.15, 0.2) is 0 Å². The molecule has 2 aromatic rings. The van der Waals surface area contributed by atoms with Crippen LogP contribution in [0.3, 0.4) is 0 Å². The van der Waals surface area contributed by atoms with Crippen LogP contribution in [0.1, 0.15) is 10.4 Å². The summed E-state index contributed by atoms with van der Waals surface area (Å²) >= 11 is 0. The largest absolute Gasteiger partial charge is 0.478 e. The Labute approximate surface area is 122 Å². The summed E-state index contributed by atoms with van der Waals surface area (Å²) in [6.07, 6.45) is 1.87. The van der Waals surface area contributed by atoms with Crippen LogP contribution in [0.5, 0.6) is 0 Å². The van der Waals surface area contributed by atoms with E-state index in [1.165, 1.54) is 0 Å². The van der Waals surface area contributed by atoms with E-state index >= 15 is 0 Å². The number of methoxy groups -OCH3 is 1. The van der Waals surface area contributed by atoms with Gasteiger partial charge in [-0.1, -0.05) is 6.07 Å². The summed E-state index contributed by atoms with van der Waals surface area (Å²) in [6, 6.07) is 7.07. The first-order valence-corrected chi connectivity index (χ1v) is 6.69. The Morgan fingerprint density at radius 3 is 2.76 bits per heavy atom. The van der Waals surface area contributed by atoms with Crippen LogP contribution in [0.15, 0.2) is 30.5 Å². The molecule has 0 saturated carbocycles. The summed E-state index contributed by atoms with van der Waals surface area (Å²) in [7, 11) is 1.62. The summed E-state index contributed by atoms with van der Waals surface area (Å²) in [6.45, 7) is 2.41. The van der Waals surface area contributed by atoms with Crippen molar-refractivity contribution >= 4 is 16.9 Å². The van der Waals surface area contributed by atoms with E-state index in [0.29, 0.717) is 31.9 Å². The Balaban J connectivity index is 1.88. The zero-order valence-corrected chi connectivity index (χ0v) is 11.9. The maximum absolute atomic E-state index is 11.1. The maximum Gasteiger partial charge on any atom is 0.336 e. The molecular weight excluding hydrogens is 274 g/mol. The number of aromatic nitrogens is 1. The fourth-order valence-corrected chi connectivity index (χ4v) is 2.09. The molecule has 114 valence electrons. The van der Waals surface area contributed by atoms with Crippen molar-refractivity contribution in [2.24, 2.45) is 0 Å². The molecule has 0 radical (unpaired) electrons. The third-order valence-corrected chi connectivity index (χ3v) is 3.12. The maximum atomic E-state index is 11.1. The molecule has 1 aromatic carbocycles. The molecule has 1 heterocycles. The standard InChI is InChI=1S/C15H19NO5/c1-19-9-10-21-11-20-8-7-16-6-5-12-13(15(17)18)3-2-4-14(12)16/h2-6H,7-11H2,1H3,(H,17,18). The van der Waals surface area contributed by atoms with Crippen LogP contribution in [-0.4, -0.2) is 49.4 Å². The molecule has 6 heteroatoms. The van der Waals surface area contributed by atoms with Crippen molar-refractivity contribution in [2.45, 2.75) is 6.54 Å². The summed E-state index contributed by atoms with van der Waals surface area (Å²) in [5, 5.41) is 9.89. The van der Waals surface area contributed by atoms with E-state index in [1.54, 1.807) is 19.2 Å². The van der Waals surface area contributed by atoms with Crippen molar-refractivity contribution in [3.05, 3.63) is 36.0 Å². The van der Waals surface area contributed by atoms with Gasteiger partial charge in [-0.05, 0) is 18.2 Å². The van der Waals surface area contributed by atoms with Crippen LogP contribution in [0.2, 0.25) is 0 Å². The van der Waals surface area contributed by atoms with Crippen molar-refractivity contribution < 1.29 is 24.1 Å². The van der Waals surface area contributed by atoms with E-state index < -0.39 is 5.97 Å². The predicted molar refractivity (Wildman–Crippen MR) is 77.5 cm³/mol.